The summed E-state index contributed by atoms with van der Waals surface area (Å²) >= 11 is 0. The molecule has 0 bridgehead atoms. The van der Waals surface area contributed by atoms with Crippen molar-refractivity contribution in [3.8, 4) is 0 Å². The van der Waals surface area contributed by atoms with Gasteiger partial charge in [-0.15, -0.1) is 0 Å². The van der Waals surface area contributed by atoms with E-state index in [1.165, 1.54) is 0 Å². The number of hydrogen-bond donors (Lipinski definition) is 0. The van der Waals surface area contributed by atoms with Gasteiger partial charge in [0.05, 0.1) is 6.20 Å². The second kappa shape index (κ2) is 5.55. The predicted octanol–water partition coefficient (Wildman–Crippen LogP) is 1.09. The number of amides is 1. The van der Waals surface area contributed by atoms with Gasteiger partial charge < -0.3 is 14.4 Å². The summed E-state index contributed by atoms with van der Waals surface area (Å²) in [7, 11) is 1.93. The molecule has 1 aliphatic heterocycles. The molecule has 110 valence electrons. The third-order valence-electron chi connectivity index (χ3n) is 4.03. The van der Waals surface area contributed by atoms with E-state index in [0.717, 1.165) is 30.3 Å². The molecule has 0 N–H and O–H groups in total. The first-order valence-electron chi connectivity index (χ1n) is 7.09. The van der Waals surface area contributed by atoms with E-state index in [0.29, 0.717) is 13.1 Å². The van der Waals surface area contributed by atoms with Crippen LogP contribution in [0.5, 0.6) is 0 Å². The van der Waals surface area contributed by atoms with Crippen molar-refractivity contribution in [1.29, 1.82) is 0 Å². The van der Waals surface area contributed by atoms with Crippen molar-refractivity contribution in [2.45, 2.75) is 6.92 Å². The number of rotatable bonds is 2. The molecule has 1 saturated heterocycles. The van der Waals surface area contributed by atoms with Gasteiger partial charge >= 0.3 is 0 Å². The number of aromatic nitrogens is 3. The maximum atomic E-state index is 12.5. The van der Waals surface area contributed by atoms with Crippen LogP contribution in [0.4, 0.5) is 5.82 Å². The molecule has 0 aliphatic carbocycles. The lowest BCUT2D eigenvalue weighted by Gasteiger charge is -2.35. The van der Waals surface area contributed by atoms with E-state index in [9.17, 15) is 4.79 Å². The largest absolute Gasteiger partial charge is 0.352 e. The summed E-state index contributed by atoms with van der Waals surface area (Å²) in [5, 5.41) is 0. The van der Waals surface area contributed by atoms with Gasteiger partial charge in [0.15, 0.2) is 0 Å². The van der Waals surface area contributed by atoms with Crippen LogP contribution in [0.15, 0.2) is 30.7 Å². The molecule has 0 spiro atoms. The molecular weight excluding hydrogens is 266 g/mol. The lowest BCUT2D eigenvalue weighted by molar-refractivity contribution is 0.0736. The summed E-state index contributed by atoms with van der Waals surface area (Å²) in [6, 6.07) is 3.87. The van der Waals surface area contributed by atoms with Gasteiger partial charge in [-0.1, -0.05) is 0 Å². The van der Waals surface area contributed by atoms with E-state index in [1.807, 2.05) is 35.6 Å². The zero-order valence-electron chi connectivity index (χ0n) is 12.4. The molecule has 21 heavy (non-hydrogen) atoms. The van der Waals surface area contributed by atoms with Crippen LogP contribution >= 0.6 is 0 Å². The average Bonchev–Trinajstić information content (AvgIpc) is 2.87. The van der Waals surface area contributed by atoms with E-state index in [1.54, 1.807) is 18.6 Å². The molecule has 0 unspecified atom stereocenters. The lowest BCUT2D eigenvalue weighted by atomic mass is 10.2. The van der Waals surface area contributed by atoms with Crippen LogP contribution < -0.4 is 4.90 Å². The molecule has 3 rings (SSSR count). The number of aryl methyl sites for hydroxylation is 1. The number of piperazine rings is 1. The minimum absolute atomic E-state index is 0.101. The first-order valence-corrected chi connectivity index (χ1v) is 7.09. The van der Waals surface area contributed by atoms with Crippen LogP contribution in [-0.4, -0.2) is 51.5 Å². The van der Waals surface area contributed by atoms with E-state index in [-0.39, 0.29) is 5.91 Å². The molecule has 0 saturated carbocycles. The van der Waals surface area contributed by atoms with Crippen molar-refractivity contribution >= 4 is 11.7 Å². The van der Waals surface area contributed by atoms with Gasteiger partial charge in [-0.2, -0.15) is 0 Å². The Morgan fingerprint density at radius 2 is 1.90 bits per heavy atom. The Kier molecular flexibility index (Phi) is 3.60. The fourth-order valence-electron chi connectivity index (χ4n) is 2.58. The second-order valence-electron chi connectivity index (χ2n) is 5.26. The van der Waals surface area contributed by atoms with Gasteiger partial charge in [0.25, 0.3) is 5.91 Å². The van der Waals surface area contributed by atoms with Crippen LogP contribution in [0.2, 0.25) is 0 Å². The number of carbonyl (C=O) groups excluding carboxylic acids is 1. The molecule has 0 atom stereocenters. The molecular formula is C15H19N5O. The van der Waals surface area contributed by atoms with E-state index < -0.39 is 0 Å². The van der Waals surface area contributed by atoms with Crippen LogP contribution in [-0.2, 0) is 7.05 Å². The van der Waals surface area contributed by atoms with Gasteiger partial charge in [0.2, 0.25) is 0 Å². The average molecular weight is 285 g/mol. The summed E-state index contributed by atoms with van der Waals surface area (Å²) in [6.07, 6.45) is 5.12. The summed E-state index contributed by atoms with van der Waals surface area (Å²) in [4.78, 5) is 25.0. The SMILES string of the molecule is Cc1ccc(C(=O)N2CCN(c3cnccn3)CC2)n1C. The highest BCUT2D eigenvalue weighted by Crippen LogP contribution is 2.14. The Morgan fingerprint density at radius 1 is 1.14 bits per heavy atom. The Hall–Kier alpha value is -2.37. The highest BCUT2D eigenvalue weighted by atomic mass is 16.2. The van der Waals surface area contributed by atoms with Crippen LogP contribution in [0.3, 0.4) is 0 Å². The summed E-state index contributed by atoms with van der Waals surface area (Å²) < 4.78 is 1.94. The van der Waals surface area contributed by atoms with Crippen molar-refractivity contribution < 1.29 is 4.79 Å². The molecule has 1 fully saturated rings. The van der Waals surface area contributed by atoms with Gasteiger partial charge in [0, 0.05) is 51.3 Å². The third-order valence-corrected chi connectivity index (χ3v) is 4.03. The minimum Gasteiger partial charge on any atom is -0.352 e. The molecule has 3 heterocycles. The van der Waals surface area contributed by atoms with Crippen molar-refractivity contribution in [3.63, 3.8) is 0 Å². The van der Waals surface area contributed by atoms with Gasteiger partial charge in [0.1, 0.15) is 11.5 Å². The van der Waals surface area contributed by atoms with Gasteiger partial charge in [-0.05, 0) is 19.1 Å². The maximum Gasteiger partial charge on any atom is 0.270 e. The van der Waals surface area contributed by atoms with E-state index in [4.69, 9.17) is 0 Å². The summed E-state index contributed by atoms with van der Waals surface area (Å²) in [5.41, 5.74) is 1.84. The highest BCUT2D eigenvalue weighted by Gasteiger charge is 2.24. The van der Waals surface area contributed by atoms with Crippen LogP contribution in [0.1, 0.15) is 16.2 Å². The lowest BCUT2D eigenvalue weighted by Crippen LogP contribution is -2.49. The zero-order valence-corrected chi connectivity index (χ0v) is 12.4. The first kappa shape index (κ1) is 13.6. The fourth-order valence-corrected chi connectivity index (χ4v) is 2.58. The predicted molar refractivity (Wildman–Crippen MR) is 80.3 cm³/mol. The van der Waals surface area contributed by atoms with Gasteiger partial charge in [-0.3, -0.25) is 9.78 Å². The van der Waals surface area contributed by atoms with E-state index in [2.05, 4.69) is 14.9 Å². The van der Waals surface area contributed by atoms with Crippen molar-refractivity contribution in [2.75, 3.05) is 31.1 Å². The Bertz CT molecular complexity index is 629. The first-order chi connectivity index (χ1) is 10.2. The second-order valence-corrected chi connectivity index (χ2v) is 5.26. The number of anilines is 1. The normalized spacial score (nSPS) is 15.3. The number of carbonyl (C=O) groups is 1. The number of hydrogen-bond acceptors (Lipinski definition) is 4. The van der Waals surface area contributed by atoms with Crippen molar-refractivity contribution in [1.82, 2.24) is 19.4 Å². The van der Waals surface area contributed by atoms with Crippen LogP contribution in [0, 0.1) is 6.92 Å². The van der Waals surface area contributed by atoms with Crippen molar-refractivity contribution in [3.05, 3.63) is 42.1 Å². The smallest absolute Gasteiger partial charge is 0.270 e. The minimum atomic E-state index is 0.101. The topological polar surface area (TPSA) is 54.3 Å². The van der Waals surface area contributed by atoms with Crippen molar-refractivity contribution in [2.24, 2.45) is 7.05 Å². The molecule has 2 aromatic rings. The molecule has 1 amide bonds. The molecule has 1 aliphatic rings. The number of nitrogens with zero attached hydrogens (tertiary/aromatic N) is 5. The Labute approximate surface area is 124 Å². The van der Waals surface area contributed by atoms with Gasteiger partial charge in [-0.25, -0.2) is 4.98 Å². The summed E-state index contributed by atoms with van der Waals surface area (Å²) in [5.74, 6) is 0.976. The third kappa shape index (κ3) is 2.61. The highest BCUT2D eigenvalue weighted by molar-refractivity contribution is 5.93. The monoisotopic (exact) mass is 285 g/mol. The quantitative estimate of drug-likeness (QED) is 0.829. The van der Waals surface area contributed by atoms with Crippen LogP contribution in [0.25, 0.3) is 0 Å². The van der Waals surface area contributed by atoms with E-state index >= 15 is 0 Å². The molecule has 0 aromatic carbocycles. The maximum absolute atomic E-state index is 12.5. The summed E-state index contributed by atoms with van der Waals surface area (Å²) in [6.45, 7) is 4.99. The zero-order chi connectivity index (χ0) is 14.8. The fraction of sp³-hybridized carbons (Fsp3) is 0.400. The Balaban J connectivity index is 1.66. The molecule has 2 aromatic heterocycles. The molecule has 6 nitrogen and oxygen atoms in total. The molecule has 0 radical (unpaired) electrons. The Morgan fingerprint density at radius 3 is 2.48 bits per heavy atom. The molecule has 6 heteroatoms. The standard InChI is InChI=1S/C15H19N5O/c1-12-3-4-13(18(12)2)15(21)20-9-7-19(8-10-20)14-11-16-5-6-17-14/h3-6,11H,7-10H2,1-2H3.